The molecule has 1 aromatic carbocycles. The zero-order chi connectivity index (χ0) is 21.1. The van der Waals surface area contributed by atoms with Crippen molar-refractivity contribution in [3.63, 3.8) is 0 Å². The quantitative estimate of drug-likeness (QED) is 0.644. The van der Waals surface area contributed by atoms with Gasteiger partial charge in [-0.25, -0.2) is 0 Å². The van der Waals surface area contributed by atoms with Crippen LogP contribution in [0.5, 0.6) is 5.75 Å². The van der Waals surface area contributed by atoms with Gasteiger partial charge in [-0.15, -0.1) is 11.3 Å². The van der Waals surface area contributed by atoms with E-state index in [-0.39, 0.29) is 30.5 Å². The summed E-state index contributed by atoms with van der Waals surface area (Å²) in [6, 6.07) is 12.2. The molecule has 2 amide bonds. The molecule has 4 rings (SSSR count). The Balaban J connectivity index is 1.35. The number of thiophene rings is 1. The van der Waals surface area contributed by atoms with Gasteiger partial charge < -0.3 is 14.5 Å². The number of carbonyl (C=O) groups is 2. The van der Waals surface area contributed by atoms with E-state index < -0.39 is 0 Å². The summed E-state index contributed by atoms with van der Waals surface area (Å²) in [4.78, 5) is 30.8. The van der Waals surface area contributed by atoms with Crippen LogP contribution in [0.15, 0.2) is 41.8 Å². The third kappa shape index (κ3) is 4.86. The summed E-state index contributed by atoms with van der Waals surface area (Å²) in [6.45, 7) is 4.92. The van der Waals surface area contributed by atoms with Gasteiger partial charge in [-0.2, -0.15) is 0 Å². The van der Waals surface area contributed by atoms with Crippen molar-refractivity contribution in [2.75, 3.05) is 6.61 Å². The van der Waals surface area contributed by atoms with Crippen molar-refractivity contribution in [2.24, 2.45) is 0 Å². The Bertz CT molecular complexity index is 851. The topological polar surface area (TPSA) is 49.9 Å². The third-order valence-electron chi connectivity index (χ3n) is 6.10. The minimum absolute atomic E-state index is 0.0331. The number of ether oxygens (including phenoxy) is 1. The number of likely N-dealkylation sites (tertiary alicyclic amines) is 1. The summed E-state index contributed by atoms with van der Waals surface area (Å²) in [5.74, 6) is 0.712. The van der Waals surface area contributed by atoms with E-state index in [2.05, 4.69) is 19.9 Å². The van der Waals surface area contributed by atoms with E-state index in [0.29, 0.717) is 23.9 Å². The zero-order valence-corrected chi connectivity index (χ0v) is 18.6. The molecule has 1 aliphatic carbocycles. The normalized spacial score (nSPS) is 21.3. The van der Waals surface area contributed by atoms with E-state index in [9.17, 15) is 9.59 Å². The fourth-order valence-electron chi connectivity index (χ4n) is 4.32. The van der Waals surface area contributed by atoms with Crippen LogP contribution in [-0.2, 0) is 11.3 Å². The molecule has 1 aliphatic heterocycles. The lowest BCUT2D eigenvalue weighted by Gasteiger charge is -2.38. The molecule has 2 heterocycles. The van der Waals surface area contributed by atoms with Crippen molar-refractivity contribution in [2.45, 2.75) is 70.6 Å². The fraction of sp³-hybridized carbons (Fsp3) is 0.500. The monoisotopic (exact) mass is 426 g/mol. The minimum Gasteiger partial charge on any atom is -0.484 e. The Labute approximate surface area is 182 Å². The summed E-state index contributed by atoms with van der Waals surface area (Å²) < 4.78 is 5.74. The molecule has 2 fully saturated rings. The largest absolute Gasteiger partial charge is 0.484 e. The zero-order valence-electron chi connectivity index (χ0n) is 17.8. The minimum atomic E-state index is 0.0331. The standard InChI is InChI=1S/C24H30N2O3S/c1-17-5-3-6-18(2)26(17)23(27)16-29-21-12-8-19(9-13-21)24(28)25(20-10-11-20)15-22-7-4-14-30-22/h4,7-9,12-14,17-18,20H,3,5-6,10-11,15-16H2,1-2H3. The molecule has 0 bridgehead atoms. The maximum atomic E-state index is 13.0. The Morgan fingerprint density at radius 3 is 2.37 bits per heavy atom. The highest BCUT2D eigenvalue weighted by atomic mass is 32.1. The molecular formula is C24H30N2O3S. The molecule has 0 spiro atoms. The molecule has 0 N–H and O–H groups in total. The molecule has 30 heavy (non-hydrogen) atoms. The summed E-state index contributed by atoms with van der Waals surface area (Å²) in [5, 5.41) is 2.05. The van der Waals surface area contributed by atoms with E-state index in [1.165, 1.54) is 11.3 Å². The lowest BCUT2D eigenvalue weighted by atomic mass is 9.97. The number of rotatable bonds is 7. The molecule has 1 saturated heterocycles. The Kier molecular flexibility index (Phi) is 6.42. The Morgan fingerprint density at radius 2 is 1.77 bits per heavy atom. The highest BCUT2D eigenvalue weighted by Gasteiger charge is 2.33. The summed E-state index contributed by atoms with van der Waals surface area (Å²) in [6.07, 6.45) is 5.43. The number of hydrogen-bond acceptors (Lipinski definition) is 4. The van der Waals surface area contributed by atoms with Gasteiger partial charge in [0.25, 0.3) is 11.8 Å². The van der Waals surface area contributed by atoms with Gasteiger partial charge in [0.1, 0.15) is 5.75 Å². The van der Waals surface area contributed by atoms with Crippen LogP contribution in [0.1, 0.15) is 61.2 Å². The predicted octanol–water partition coefficient (Wildman–Crippen LogP) is 4.72. The lowest BCUT2D eigenvalue weighted by molar-refractivity contribution is -0.139. The van der Waals surface area contributed by atoms with Crippen molar-refractivity contribution in [1.82, 2.24) is 9.80 Å². The van der Waals surface area contributed by atoms with Gasteiger partial charge in [-0.05, 0) is 81.7 Å². The van der Waals surface area contributed by atoms with Gasteiger partial charge in [0.2, 0.25) is 0 Å². The lowest BCUT2D eigenvalue weighted by Crippen LogP contribution is -2.49. The maximum Gasteiger partial charge on any atom is 0.260 e. The first-order chi connectivity index (χ1) is 14.5. The second-order valence-electron chi connectivity index (χ2n) is 8.49. The number of nitrogens with zero attached hydrogens (tertiary/aromatic N) is 2. The average molecular weight is 427 g/mol. The van der Waals surface area contributed by atoms with Gasteiger partial charge in [-0.1, -0.05) is 6.07 Å². The first kappa shape index (κ1) is 20.9. The number of hydrogen-bond donors (Lipinski definition) is 0. The molecular weight excluding hydrogens is 396 g/mol. The van der Waals surface area contributed by atoms with Crippen molar-refractivity contribution in [1.29, 1.82) is 0 Å². The van der Waals surface area contributed by atoms with Gasteiger partial charge in [0.05, 0.1) is 6.54 Å². The van der Waals surface area contributed by atoms with Crippen LogP contribution in [-0.4, -0.2) is 46.3 Å². The number of piperidine rings is 1. The first-order valence-electron chi connectivity index (χ1n) is 10.9. The molecule has 1 saturated carbocycles. The van der Waals surface area contributed by atoms with Crippen molar-refractivity contribution in [3.05, 3.63) is 52.2 Å². The maximum absolute atomic E-state index is 13.0. The molecule has 5 nitrogen and oxygen atoms in total. The van der Waals surface area contributed by atoms with Gasteiger partial charge in [0, 0.05) is 28.6 Å². The number of benzene rings is 1. The second kappa shape index (κ2) is 9.21. The number of carbonyl (C=O) groups excluding carboxylic acids is 2. The molecule has 1 aromatic heterocycles. The van der Waals surface area contributed by atoms with Crippen LogP contribution in [0.2, 0.25) is 0 Å². The summed E-state index contributed by atoms with van der Waals surface area (Å²) in [7, 11) is 0. The molecule has 160 valence electrons. The van der Waals surface area contributed by atoms with E-state index in [0.717, 1.165) is 25.7 Å². The fourth-order valence-corrected chi connectivity index (χ4v) is 5.02. The Hall–Kier alpha value is -2.34. The van der Waals surface area contributed by atoms with Gasteiger partial charge in [-0.3, -0.25) is 9.59 Å². The van der Waals surface area contributed by atoms with Crippen LogP contribution in [0.4, 0.5) is 0 Å². The average Bonchev–Trinajstić information content (AvgIpc) is 3.45. The highest BCUT2D eigenvalue weighted by Crippen LogP contribution is 2.31. The van der Waals surface area contributed by atoms with E-state index >= 15 is 0 Å². The van der Waals surface area contributed by atoms with Crippen LogP contribution in [0.25, 0.3) is 0 Å². The van der Waals surface area contributed by atoms with E-state index in [1.807, 2.05) is 21.2 Å². The predicted molar refractivity (Wildman–Crippen MR) is 119 cm³/mol. The van der Waals surface area contributed by atoms with Crippen LogP contribution < -0.4 is 4.74 Å². The SMILES string of the molecule is CC1CCCC(C)N1C(=O)COc1ccc(C(=O)N(Cc2cccs2)C2CC2)cc1. The van der Waals surface area contributed by atoms with Crippen molar-refractivity contribution >= 4 is 23.2 Å². The number of amides is 2. The highest BCUT2D eigenvalue weighted by molar-refractivity contribution is 7.09. The smallest absolute Gasteiger partial charge is 0.260 e. The van der Waals surface area contributed by atoms with Crippen molar-refractivity contribution < 1.29 is 14.3 Å². The van der Waals surface area contributed by atoms with E-state index in [1.54, 1.807) is 35.6 Å². The molecule has 2 atom stereocenters. The molecule has 2 unspecified atom stereocenters. The van der Waals surface area contributed by atoms with Crippen LogP contribution in [0.3, 0.4) is 0 Å². The first-order valence-corrected chi connectivity index (χ1v) is 11.8. The van der Waals surface area contributed by atoms with Gasteiger partial charge >= 0.3 is 0 Å². The second-order valence-corrected chi connectivity index (χ2v) is 9.52. The molecule has 6 heteroatoms. The molecule has 2 aliphatic rings. The summed E-state index contributed by atoms with van der Waals surface area (Å²) in [5.41, 5.74) is 0.662. The van der Waals surface area contributed by atoms with Crippen molar-refractivity contribution in [3.8, 4) is 5.75 Å². The van der Waals surface area contributed by atoms with Crippen LogP contribution in [0, 0.1) is 0 Å². The summed E-state index contributed by atoms with van der Waals surface area (Å²) >= 11 is 1.68. The molecule has 2 aromatic rings. The third-order valence-corrected chi connectivity index (χ3v) is 6.96. The van der Waals surface area contributed by atoms with Crippen LogP contribution >= 0.6 is 11.3 Å². The van der Waals surface area contributed by atoms with E-state index in [4.69, 9.17) is 4.74 Å². The molecule has 0 radical (unpaired) electrons. The Morgan fingerprint density at radius 1 is 1.07 bits per heavy atom. The van der Waals surface area contributed by atoms with Gasteiger partial charge in [0.15, 0.2) is 6.61 Å².